The maximum absolute atomic E-state index is 12.6. The van der Waals surface area contributed by atoms with Crippen LogP contribution in [0.3, 0.4) is 0 Å². The normalized spacial score (nSPS) is 15.4. The topological polar surface area (TPSA) is 53.8 Å². The maximum Gasteiger partial charge on any atom is 0.289 e. The van der Waals surface area contributed by atoms with Gasteiger partial charge in [-0.2, -0.15) is 0 Å². The van der Waals surface area contributed by atoms with Crippen LogP contribution in [-0.4, -0.2) is 36.9 Å². The van der Waals surface area contributed by atoms with Crippen molar-refractivity contribution in [2.75, 3.05) is 25.0 Å². The number of anilines is 1. The van der Waals surface area contributed by atoms with Crippen LogP contribution in [0.25, 0.3) is 0 Å². The molecular weight excluding hydrogens is 292 g/mol. The van der Waals surface area contributed by atoms with E-state index < -0.39 is 0 Å². The molecule has 0 unspecified atom stereocenters. The highest BCUT2D eigenvalue weighted by Crippen LogP contribution is 2.23. The number of piperidine rings is 1. The molecule has 23 heavy (non-hydrogen) atoms. The van der Waals surface area contributed by atoms with E-state index in [9.17, 15) is 9.59 Å². The minimum atomic E-state index is -0.0997. The van der Waals surface area contributed by atoms with Crippen LogP contribution in [0.2, 0.25) is 0 Å². The van der Waals surface area contributed by atoms with Gasteiger partial charge in [-0.1, -0.05) is 18.2 Å². The number of rotatable bonds is 3. The van der Waals surface area contributed by atoms with Crippen LogP contribution in [0.15, 0.2) is 53.1 Å². The average Bonchev–Trinajstić information content (AvgIpc) is 3.15. The van der Waals surface area contributed by atoms with E-state index in [0.717, 1.165) is 5.69 Å². The summed E-state index contributed by atoms with van der Waals surface area (Å²) in [5, 5.41) is 0. The molecule has 0 radical (unpaired) electrons. The van der Waals surface area contributed by atoms with Crippen molar-refractivity contribution in [2.24, 2.45) is 5.92 Å². The minimum Gasteiger partial charge on any atom is -0.459 e. The first-order valence-corrected chi connectivity index (χ1v) is 7.82. The molecule has 0 spiro atoms. The molecule has 1 saturated heterocycles. The van der Waals surface area contributed by atoms with Gasteiger partial charge in [-0.3, -0.25) is 9.59 Å². The van der Waals surface area contributed by atoms with E-state index in [1.165, 1.54) is 6.26 Å². The molecule has 0 N–H and O–H groups in total. The summed E-state index contributed by atoms with van der Waals surface area (Å²) in [7, 11) is 1.80. The number of carbonyl (C=O) groups excluding carboxylic acids is 2. The van der Waals surface area contributed by atoms with Gasteiger partial charge in [0.05, 0.1) is 6.26 Å². The Bertz CT molecular complexity index is 659. The van der Waals surface area contributed by atoms with Gasteiger partial charge in [0.15, 0.2) is 5.76 Å². The van der Waals surface area contributed by atoms with Crippen LogP contribution in [0.4, 0.5) is 5.69 Å². The molecular formula is C18H20N2O3. The first kappa shape index (κ1) is 15.3. The van der Waals surface area contributed by atoms with Crippen LogP contribution in [-0.2, 0) is 4.79 Å². The van der Waals surface area contributed by atoms with E-state index in [0.29, 0.717) is 31.7 Å². The summed E-state index contributed by atoms with van der Waals surface area (Å²) < 4.78 is 5.15. The van der Waals surface area contributed by atoms with E-state index in [1.807, 2.05) is 30.3 Å². The Labute approximate surface area is 135 Å². The molecule has 1 fully saturated rings. The Morgan fingerprint density at radius 3 is 2.39 bits per heavy atom. The Balaban J connectivity index is 1.58. The van der Waals surface area contributed by atoms with Crippen LogP contribution >= 0.6 is 0 Å². The van der Waals surface area contributed by atoms with Crippen LogP contribution < -0.4 is 4.90 Å². The van der Waals surface area contributed by atoms with E-state index in [4.69, 9.17) is 4.42 Å². The standard InChI is InChI=1S/C18H20N2O3/c1-19(15-6-3-2-4-7-15)17(21)14-9-11-20(12-10-14)18(22)16-8-5-13-23-16/h2-8,13-14H,9-12H2,1H3. The number of hydrogen-bond acceptors (Lipinski definition) is 3. The first-order chi connectivity index (χ1) is 11.2. The van der Waals surface area contributed by atoms with E-state index in [2.05, 4.69) is 0 Å². The zero-order valence-electron chi connectivity index (χ0n) is 13.1. The molecule has 2 heterocycles. The smallest absolute Gasteiger partial charge is 0.289 e. The molecule has 5 heteroatoms. The van der Waals surface area contributed by atoms with Gasteiger partial charge in [0, 0.05) is 31.7 Å². The molecule has 120 valence electrons. The maximum atomic E-state index is 12.6. The molecule has 1 aromatic heterocycles. The third-order valence-corrected chi connectivity index (χ3v) is 4.34. The van der Waals surface area contributed by atoms with Crippen LogP contribution in [0.5, 0.6) is 0 Å². The second-order valence-electron chi connectivity index (χ2n) is 5.78. The fourth-order valence-electron chi connectivity index (χ4n) is 2.94. The Morgan fingerprint density at radius 1 is 1.09 bits per heavy atom. The predicted octanol–water partition coefficient (Wildman–Crippen LogP) is 2.79. The van der Waals surface area contributed by atoms with Crippen LogP contribution in [0, 0.1) is 5.92 Å². The number of carbonyl (C=O) groups is 2. The van der Waals surface area contributed by atoms with Crippen molar-refractivity contribution in [1.82, 2.24) is 4.90 Å². The van der Waals surface area contributed by atoms with E-state index in [-0.39, 0.29) is 17.7 Å². The number of furan rings is 1. The highest BCUT2D eigenvalue weighted by atomic mass is 16.3. The third kappa shape index (κ3) is 3.28. The number of benzene rings is 1. The molecule has 5 nitrogen and oxygen atoms in total. The van der Waals surface area contributed by atoms with Gasteiger partial charge in [-0.15, -0.1) is 0 Å². The predicted molar refractivity (Wildman–Crippen MR) is 87.2 cm³/mol. The minimum absolute atomic E-state index is 0.0409. The monoisotopic (exact) mass is 312 g/mol. The molecule has 0 bridgehead atoms. The fraction of sp³-hybridized carbons (Fsp3) is 0.333. The van der Waals surface area contributed by atoms with E-state index in [1.54, 1.807) is 29.0 Å². The summed E-state index contributed by atoms with van der Waals surface area (Å²) in [6.07, 6.45) is 2.86. The second kappa shape index (κ2) is 6.69. The van der Waals surface area contributed by atoms with E-state index >= 15 is 0 Å². The fourth-order valence-corrected chi connectivity index (χ4v) is 2.94. The van der Waals surface area contributed by atoms with Crippen molar-refractivity contribution < 1.29 is 14.0 Å². The quantitative estimate of drug-likeness (QED) is 0.875. The van der Waals surface area contributed by atoms with Gasteiger partial charge >= 0.3 is 0 Å². The molecule has 1 aliphatic rings. The molecule has 2 amide bonds. The van der Waals surface area contributed by atoms with Gasteiger partial charge < -0.3 is 14.2 Å². The highest BCUT2D eigenvalue weighted by molar-refractivity contribution is 5.95. The molecule has 1 aromatic carbocycles. The summed E-state index contributed by atoms with van der Waals surface area (Å²) in [6, 6.07) is 13.0. The number of hydrogen-bond donors (Lipinski definition) is 0. The number of likely N-dealkylation sites (tertiary alicyclic amines) is 1. The summed E-state index contributed by atoms with van der Waals surface area (Å²) in [5.41, 5.74) is 0.895. The molecule has 0 aliphatic carbocycles. The summed E-state index contributed by atoms with van der Waals surface area (Å²) in [6.45, 7) is 1.16. The molecule has 2 aromatic rings. The lowest BCUT2D eigenvalue weighted by Crippen LogP contribution is -2.43. The van der Waals surface area contributed by atoms with Crippen molar-refractivity contribution >= 4 is 17.5 Å². The Morgan fingerprint density at radius 2 is 1.78 bits per heavy atom. The van der Waals surface area contributed by atoms with Gasteiger partial charge in [0.1, 0.15) is 0 Å². The largest absolute Gasteiger partial charge is 0.459 e. The molecule has 3 rings (SSSR count). The van der Waals surface area contributed by atoms with Gasteiger partial charge in [0.2, 0.25) is 5.91 Å². The lowest BCUT2D eigenvalue weighted by atomic mass is 9.95. The lowest BCUT2D eigenvalue weighted by Gasteiger charge is -2.32. The summed E-state index contributed by atoms with van der Waals surface area (Å²) in [5.74, 6) is 0.329. The zero-order chi connectivity index (χ0) is 16.2. The summed E-state index contributed by atoms with van der Waals surface area (Å²) in [4.78, 5) is 28.3. The SMILES string of the molecule is CN(C(=O)C1CCN(C(=O)c2ccco2)CC1)c1ccccc1. The van der Waals surface area contributed by atoms with Crippen molar-refractivity contribution in [1.29, 1.82) is 0 Å². The third-order valence-electron chi connectivity index (χ3n) is 4.34. The van der Waals surface area contributed by atoms with Gasteiger partial charge in [-0.25, -0.2) is 0 Å². The van der Waals surface area contributed by atoms with Gasteiger partial charge in [-0.05, 0) is 37.1 Å². The average molecular weight is 312 g/mol. The Hall–Kier alpha value is -2.56. The molecule has 1 aliphatic heterocycles. The second-order valence-corrected chi connectivity index (χ2v) is 5.78. The number of para-hydroxylation sites is 1. The highest BCUT2D eigenvalue weighted by Gasteiger charge is 2.30. The van der Waals surface area contributed by atoms with Crippen LogP contribution in [0.1, 0.15) is 23.4 Å². The molecule has 0 atom stereocenters. The first-order valence-electron chi connectivity index (χ1n) is 7.82. The summed E-state index contributed by atoms with van der Waals surface area (Å²) >= 11 is 0. The van der Waals surface area contributed by atoms with Gasteiger partial charge in [0.25, 0.3) is 5.91 Å². The van der Waals surface area contributed by atoms with Crippen molar-refractivity contribution in [2.45, 2.75) is 12.8 Å². The molecule has 0 saturated carbocycles. The van der Waals surface area contributed by atoms with Crippen molar-refractivity contribution in [3.8, 4) is 0 Å². The zero-order valence-corrected chi connectivity index (χ0v) is 13.1. The van der Waals surface area contributed by atoms with Crippen molar-refractivity contribution in [3.63, 3.8) is 0 Å². The number of amides is 2. The Kier molecular flexibility index (Phi) is 4.46. The van der Waals surface area contributed by atoms with Crippen molar-refractivity contribution in [3.05, 3.63) is 54.5 Å². The lowest BCUT2D eigenvalue weighted by molar-refractivity contribution is -0.123. The number of nitrogens with zero attached hydrogens (tertiary/aromatic N) is 2.